The Bertz CT molecular complexity index is 827. The minimum atomic E-state index is -0.611. The highest BCUT2D eigenvalue weighted by Crippen LogP contribution is 2.19. The van der Waals surface area contributed by atoms with Gasteiger partial charge in [-0.3, -0.25) is 14.4 Å². The van der Waals surface area contributed by atoms with E-state index >= 15 is 0 Å². The summed E-state index contributed by atoms with van der Waals surface area (Å²) in [5.74, 6) is -1.87. The van der Waals surface area contributed by atoms with Crippen LogP contribution in [-0.2, 0) is 9.59 Å². The van der Waals surface area contributed by atoms with Gasteiger partial charge in [-0.1, -0.05) is 12.1 Å². The number of rotatable bonds is 5. The molecule has 2 aromatic rings. The summed E-state index contributed by atoms with van der Waals surface area (Å²) in [6, 6.07) is 10.8. The van der Waals surface area contributed by atoms with Crippen molar-refractivity contribution in [1.82, 2.24) is 5.32 Å². The van der Waals surface area contributed by atoms with E-state index in [-0.39, 0.29) is 18.1 Å². The van der Waals surface area contributed by atoms with Crippen LogP contribution in [0, 0.1) is 9.39 Å². The molecule has 0 saturated heterocycles. The molecule has 0 aliphatic rings. The Hall–Kier alpha value is -2.49. The summed E-state index contributed by atoms with van der Waals surface area (Å²) in [5, 5.41) is 7.38. The zero-order valence-electron chi connectivity index (χ0n) is 13.2. The summed E-state index contributed by atoms with van der Waals surface area (Å²) in [6.45, 7) is 1.02. The molecule has 0 fully saturated rings. The SMILES string of the molecule is CC(=O)Nc1cc(NC(=O)CNC(=O)c2ccccc2I)ccc1F. The molecule has 8 heteroatoms. The lowest BCUT2D eigenvalue weighted by atomic mass is 10.2. The summed E-state index contributed by atoms with van der Waals surface area (Å²) in [7, 11) is 0. The van der Waals surface area contributed by atoms with Crippen LogP contribution in [-0.4, -0.2) is 24.3 Å². The molecule has 130 valence electrons. The smallest absolute Gasteiger partial charge is 0.252 e. The summed E-state index contributed by atoms with van der Waals surface area (Å²) < 4.78 is 14.3. The van der Waals surface area contributed by atoms with E-state index in [0.717, 1.165) is 9.64 Å². The molecular formula is C17H15FIN3O3. The molecule has 0 atom stereocenters. The van der Waals surface area contributed by atoms with Gasteiger partial charge in [-0.05, 0) is 52.9 Å². The maximum absolute atomic E-state index is 13.6. The van der Waals surface area contributed by atoms with Gasteiger partial charge in [0.1, 0.15) is 5.82 Å². The maximum atomic E-state index is 13.6. The van der Waals surface area contributed by atoms with Crippen molar-refractivity contribution < 1.29 is 18.8 Å². The summed E-state index contributed by atoms with van der Waals surface area (Å²) in [5.41, 5.74) is 0.748. The molecule has 3 N–H and O–H groups in total. The van der Waals surface area contributed by atoms with Gasteiger partial charge in [-0.15, -0.1) is 0 Å². The molecule has 25 heavy (non-hydrogen) atoms. The van der Waals surface area contributed by atoms with Crippen molar-refractivity contribution in [3.05, 3.63) is 57.4 Å². The van der Waals surface area contributed by atoms with Gasteiger partial charge in [-0.2, -0.15) is 0 Å². The van der Waals surface area contributed by atoms with Crippen molar-refractivity contribution >= 4 is 51.7 Å². The Morgan fingerprint density at radius 3 is 2.48 bits per heavy atom. The molecule has 0 spiro atoms. The quantitative estimate of drug-likeness (QED) is 0.607. The Morgan fingerprint density at radius 2 is 1.80 bits per heavy atom. The third kappa shape index (κ3) is 5.52. The Labute approximate surface area is 157 Å². The number of halogens is 2. The number of nitrogens with one attached hydrogen (secondary N) is 3. The van der Waals surface area contributed by atoms with Crippen molar-refractivity contribution in [1.29, 1.82) is 0 Å². The van der Waals surface area contributed by atoms with E-state index in [9.17, 15) is 18.8 Å². The first-order chi connectivity index (χ1) is 11.9. The van der Waals surface area contributed by atoms with E-state index in [2.05, 4.69) is 16.0 Å². The monoisotopic (exact) mass is 455 g/mol. The van der Waals surface area contributed by atoms with Crippen LogP contribution in [0.1, 0.15) is 17.3 Å². The van der Waals surface area contributed by atoms with Crippen molar-refractivity contribution in [2.75, 3.05) is 17.2 Å². The van der Waals surface area contributed by atoms with Crippen molar-refractivity contribution in [3.63, 3.8) is 0 Å². The number of carbonyl (C=O) groups is 3. The van der Waals surface area contributed by atoms with E-state index in [1.807, 2.05) is 28.7 Å². The number of anilines is 2. The van der Waals surface area contributed by atoms with Crippen LogP contribution in [0.15, 0.2) is 42.5 Å². The van der Waals surface area contributed by atoms with Gasteiger partial charge in [0.2, 0.25) is 11.8 Å². The minimum absolute atomic E-state index is 0.0341. The number of hydrogen-bond acceptors (Lipinski definition) is 3. The van der Waals surface area contributed by atoms with Crippen LogP contribution in [0.5, 0.6) is 0 Å². The highest BCUT2D eigenvalue weighted by molar-refractivity contribution is 14.1. The van der Waals surface area contributed by atoms with E-state index < -0.39 is 17.6 Å². The molecule has 0 heterocycles. The minimum Gasteiger partial charge on any atom is -0.343 e. The fourth-order valence-corrected chi connectivity index (χ4v) is 2.63. The van der Waals surface area contributed by atoms with Gasteiger partial charge in [0.05, 0.1) is 17.8 Å². The molecule has 0 radical (unpaired) electrons. The third-order valence-electron chi connectivity index (χ3n) is 3.09. The first kappa shape index (κ1) is 18.8. The molecule has 2 rings (SSSR count). The highest BCUT2D eigenvalue weighted by atomic mass is 127. The predicted octanol–water partition coefficient (Wildman–Crippen LogP) is 2.76. The lowest BCUT2D eigenvalue weighted by Gasteiger charge is -2.10. The van der Waals surface area contributed by atoms with E-state index in [1.165, 1.54) is 19.1 Å². The Kier molecular flexibility index (Phi) is 6.45. The topological polar surface area (TPSA) is 87.3 Å². The largest absolute Gasteiger partial charge is 0.343 e. The van der Waals surface area contributed by atoms with Gasteiger partial charge in [0.15, 0.2) is 0 Å². The van der Waals surface area contributed by atoms with E-state index in [0.29, 0.717) is 11.3 Å². The molecule has 0 saturated carbocycles. The van der Waals surface area contributed by atoms with Gasteiger partial charge in [0, 0.05) is 16.2 Å². The zero-order valence-corrected chi connectivity index (χ0v) is 15.4. The second-order valence-electron chi connectivity index (χ2n) is 5.09. The molecular weight excluding hydrogens is 440 g/mol. The van der Waals surface area contributed by atoms with Crippen LogP contribution >= 0.6 is 22.6 Å². The molecule has 6 nitrogen and oxygen atoms in total. The van der Waals surface area contributed by atoms with Crippen LogP contribution in [0.25, 0.3) is 0 Å². The molecule has 2 aromatic carbocycles. The van der Waals surface area contributed by atoms with Gasteiger partial charge >= 0.3 is 0 Å². The van der Waals surface area contributed by atoms with Crippen LogP contribution in [0.3, 0.4) is 0 Å². The standard InChI is InChI=1S/C17H15FIN3O3/c1-10(23)21-15-8-11(6-7-13(15)18)22-16(24)9-20-17(25)12-4-2-3-5-14(12)19/h2-8H,9H2,1H3,(H,20,25)(H,21,23)(H,22,24). The normalized spacial score (nSPS) is 10.0. The fraction of sp³-hybridized carbons (Fsp3) is 0.118. The van der Waals surface area contributed by atoms with Gasteiger partial charge < -0.3 is 16.0 Å². The summed E-state index contributed by atoms with van der Waals surface area (Å²) in [4.78, 5) is 35.0. The van der Waals surface area contributed by atoms with Gasteiger partial charge in [-0.25, -0.2) is 4.39 Å². The summed E-state index contributed by atoms with van der Waals surface area (Å²) in [6.07, 6.45) is 0. The number of carbonyl (C=O) groups excluding carboxylic acids is 3. The van der Waals surface area contributed by atoms with Crippen molar-refractivity contribution in [3.8, 4) is 0 Å². The lowest BCUT2D eigenvalue weighted by molar-refractivity contribution is -0.115. The molecule has 0 unspecified atom stereocenters. The molecule has 0 aromatic heterocycles. The molecule has 3 amide bonds. The average Bonchev–Trinajstić information content (AvgIpc) is 2.56. The fourth-order valence-electron chi connectivity index (χ4n) is 1.99. The molecule has 0 aliphatic heterocycles. The van der Waals surface area contributed by atoms with E-state index in [1.54, 1.807) is 18.2 Å². The van der Waals surface area contributed by atoms with Gasteiger partial charge in [0.25, 0.3) is 5.91 Å². The van der Waals surface area contributed by atoms with Crippen LogP contribution in [0.2, 0.25) is 0 Å². The molecule has 0 bridgehead atoms. The first-order valence-electron chi connectivity index (χ1n) is 7.26. The lowest BCUT2D eigenvalue weighted by Crippen LogP contribution is -2.33. The second kappa shape index (κ2) is 8.56. The van der Waals surface area contributed by atoms with Crippen molar-refractivity contribution in [2.45, 2.75) is 6.92 Å². The second-order valence-corrected chi connectivity index (χ2v) is 6.25. The molecule has 0 aliphatic carbocycles. The number of benzene rings is 2. The van der Waals surface area contributed by atoms with E-state index in [4.69, 9.17) is 0 Å². The Balaban J connectivity index is 1.95. The zero-order chi connectivity index (χ0) is 18.4. The maximum Gasteiger partial charge on any atom is 0.252 e. The van der Waals surface area contributed by atoms with Crippen molar-refractivity contribution in [2.24, 2.45) is 0 Å². The van der Waals surface area contributed by atoms with Crippen LogP contribution < -0.4 is 16.0 Å². The summed E-state index contributed by atoms with van der Waals surface area (Å²) >= 11 is 2.04. The number of amides is 3. The average molecular weight is 455 g/mol. The van der Waals surface area contributed by atoms with Crippen LogP contribution in [0.4, 0.5) is 15.8 Å². The predicted molar refractivity (Wildman–Crippen MR) is 101 cm³/mol. The first-order valence-corrected chi connectivity index (χ1v) is 8.34. The Morgan fingerprint density at radius 1 is 1.08 bits per heavy atom. The third-order valence-corrected chi connectivity index (χ3v) is 4.03. The number of hydrogen-bond donors (Lipinski definition) is 3. The highest BCUT2D eigenvalue weighted by Gasteiger charge is 2.12.